The highest BCUT2D eigenvalue weighted by molar-refractivity contribution is 6.94. The quantitative estimate of drug-likeness (QED) is 0.685. The Labute approximate surface area is 140 Å². The first-order chi connectivity index (χ1) is 10.1. The maximum absolute atomic E-state index is 6.53. The van der Waals surface area contributed by atoms with Crippen LogP contribution in [0.3, 0.4) is 0 Å². The van der Waals surface area contributed by atoms with Crippen molar-refractivity contribution in [3.05, 3.63) is 36.8 Å². The van der Waals surface area contributed by atoms with Crippen molar-refractivity contribution in [2.45, 2.75) is 51.9 Å². The van der Waals surface area contributed by atoms with Gasteiger partial charge in [-0.25, -0.2) is 0 Å². The van der Waals surface area contributed by atoms with Crippen LogP contribution in [0.5, 0.6) is 0 Å². The summed E-state index contributed by atoms with van der Waals surface area (Å²) in [5, 5.41) is 0. The van der Waals surface area contributed by atoms with Gasteiger partial charge in [0.05, 0.1) is 0 Å². The predicted octanol–water partition coefficient (Wildman–Crippen LogP) is 3.87. The zero-order chi connectivity index (χ0) is 17.2. The van der Waals surface area contributed by atoms with Gasteiger partial charge in [0.1, 0.15) is 0 Å². The molecule has 1 saturated heterocycles. The van der Waals surface area contributed by atoms with Crippen molar-refractivity contribution in [1.82, 2.24) is 0 Å². The van der Waals surface area contributed by atoms with Crippen molar-refractivity contribution < 1.29 is 16.5 Å². The van der Waals surface area contributed by atoms with Gasteiger partial charge in [-0.05, 0) is 24.2 Å². The van der Waals surface area contributed by atoms with Crippen LogP contribution in [0.4, 0.5) is 0 Å². The van der Waals surface area contributed by atoms with Gasteiger partial charge >= 0.3 is 35.0 Å². The normalized spacial score (nSPS) is 35.7. The van der Waals surface area contributed by atoms with Crippen LogP contribution in [0, 0.1) is 0 Å². The third-order valence-electron chi connectivity index (χ3n) is 3.78. The molecule has 1 aliphatic rings. The Morgan fingerprint density at radius 2 is 1.18 bits per heavy atom. The molecule has 22 heavy (non-hydrogen) atoms. The number of rotatable bonds is 5. The van der Waals surface area contributed by atoms with Crippen molar-refractivity contribution in [2.75, 3.05) is 0 Å². The largest absolute Gasteiger partial charge is 0.412 e. The van der Waals surface area contributed by atoms with Crippen LogP contribution in [0.15, 0.2) is 36.8 Å². The molecule has 126 valence electrons. The molecule has 1 aliphatic heterocycles. The molecule has 0 saturated carbocycles. The first kappa shape index (κ1) is 20.0. The Kier molecular flexibility index (Phi) is 6.55. The summed E-state index contributed by atoms with van der Waals surface area (Å²) in [5.41, 5.74) is 5.99. The third-order valence-corrected chi connectivity index (χ3v) is 19.8. The lowest BCUT2D eigenvalue weighted by molar-refractivity contribution is 0.242. The van der Waals surface area contributed by atoms with Crippen LogP contribution >= 0.6 is 0 Å². The molecular formula is C14H30O4Si4. The minimum atomic E-state index is -2.59. The fourth-order valence-corrected chi connectivity index (χ4v) is 21.2. The molecule has 1 rings (SSSR count). The summed E-state index contributed by atoms with van der Waals surface area (Å²) >= 11 is 0. The van der Waals surface area contributed by atoms with Crippen molar-refractivity contribution in [1.29, 1.82) is 0 Å². The maximum Gasteiger partial charge on any atom is 0.349 e. The molecule has 1 fully saturated rings. The van der Waals surface area contributed by atoms with Gasteiger partial charge in [0.2, 0.25) is 0 Å². The summed E-state index contributed by atoms with van der Waals surface area (Å²) in [6.45, 7) is 24.4. The van der Waals surface area contributed by atoms with Crippen molar-refractivity contribution in [3.63, 3.8) is 0 Å². The second-order valence-corrected chi connectivity index (χ2v) is 20.1. The maximum atomic E-state index is 6.53. The molecule has 0 radical (unpaired) electrons. The lowest BCUT2D eigenvalue weighted by Gasteiger charge is -2.48. The fraction of sp³-hybridized carbons (Fsp3) is 0.571. The molecule has 0 spiro atoms. The lowest BCUT2D eigenvalue weighted by atomic mass is 10.6. The van der Waals surface area contributed by atoms with E-state index in [1.165, 1.54) is 0 Å². The average Bonchev–Trinajstić information content (AvgIpc) is 2.41. The van der Waals surface area contributed by atoms with Crippen LogP contribution in [0.25, 0.3) is 0 Å². The smallest absolute Gasteiger partial charge is 0.349 e. The summed E-state index contributed by atoms with van der Waals surface area (Å²) in [4.78, 5) is 0. The van der Waals surface area contributed by atoms with Crippen molar-refractivity contribution in [3.8, 4) is 0 Å². The Morgan fingerprint density at radius 3 is 1.41 bits per heavy atom. The summed E-state index contributed by atoms with van der Waals surface area (Å²) in [7, 11) is -9.74. The Morgan fingerprint density at radius 1 is 0.818 bits per heavy atom. The van der Waals surface area contributed by atoms with Gasteiger partial charge in [-0.3, -0.25) is 0 Å². The van der Waals surface area contributed by atoms with E-state index in [2.05, 4.69) is 60.5 Å². The molecule has 0 aliphatic carbocycles. The first-order valence-corrected chi connectivity index (χ1v) is 16.1. The molecule has 2 unspecified atom stereocenters. The predicted molar refractivity (Wildman–Crippen MR) is 101 cm³/mol. The Balaban J connectivity index is 3.33. The van der Waals surface area contributed by atoms with Gasteiger partial charge in [0.25, 0.3) is 0 Å². The van der Waals surface area contributed by atoms with Crippen LogP contribution in [-0.4, -0.2) is 35.0 Å². The molecule has 0 amide bonds. The highest BCUT2D eigenvalue weighted by Gasteiger charge is 2.54. The highest BCUT2D eigenvalue weighted by Crippen LogP contribution is 2.37. The molecule has 0 aromatic carbocycles. The minimum absolute atomic E-state index is 0.232. The van der Waals surface area contributed by atoms with Crippen LogP contribution in [0.2, 0.25) is 24.2 Å². The number of hydrogen-bond donors (Lipinski definition) is 0. The second kappa shape index (κ2) is 7.22. The second-order valence-electron chi connectivity index (χ2n) is 6.60. The van der Waals surface area contributed by atoms with Crippen LogP contribution < -0.4 is 0 Å². The van der Waals surface area contributed by atoms with Crippen LogP contribution in [-0.2, 0) is 16.5 Å². The van der Waals surface area contributed by atoms with Gasteiger partial charge in [0, 0.05) is 0 Å². The minimum Gasteiger partial charge on any atom is -0.412 e. The molecule has 0 aromatic rings. The van der Waals surface area contributed by atoms with Crippen molar-refractivity contribution in [2.24, 2.45) is 0 Å². The van der Waals surface area contributed by atoms with Gasteiger partial charge in [0.15, 0.2) is 0 Å². The molecule has 4 nitrogen and oxygen atoms in total. The van der Waals surface area contributed by atoms with Crippen LogP contribution in [0.1, 0.15) is 27.7 Å². The van der Waals surface area contributed by atoms with Gasteiger partial charge in [-0.15, -0.1) is 19.7 Å². The zero-order valence-electron chi connectivity index (χ0n) is 14.7. The number of hydrogen-bond acceptors (Lipinski definition) is 4. The van der Waals surface area contributed by atoms with E-state index in [9.17, 15) is 0 Å². The van der Waals surface area contributed by atoms with E-state index >= 15 is 0 Å². The monoisotopic (exact) mass is 374 g/mol. The van der Waals surface area contributed by atoms with E-state index in [1.807, 2.05) is 11.4 Å². The topological polar surface area (TPSA) is 36.9 Å². The SMILES string of the molecule is C=C[SiH]1O[Si](C=C)(C(C)C)O[Si](C)(C)O[Si](C=C)(C(C)C)O1. The van der Waals surface area contributed by atoms with Gasteiger partial charge < -0.3 is 16.5 Å². The van der Waals surface area contributed by atoms with E-state index in [-0.39, 0.29) is 11.1 Å². The molecule has 0 aromatic heterocycles. The molecule has 1 heterocycles. The fourth-order valence-electron chi connectivity index (χ4n) is 2.48. The van der Waals surface area contributed by atoms with E-state index in [0.717, 1.165) is 0 Å². The van der Waals surface area contributed by atoms with Gasteiger partial charge in [-0.2, -0.15) is 0 Å². The first-order valence-electron chi connectivity index (χ1n) is 7.72. The van der Waals surface area contributed by atoms with E-state index in [4.69, 9.17) is 16.5 Å². The third kappa shape index (κ3) is 4.06. The molecule has 0 bridgehead atoms. The molecule has 0 N–H and O–H groups in total. The van der Waals surface area contributed by atoms with E-state index in [0.29, 0.717) is 0 Å². The summed E-state index contributed by atoms with van der Waals surface area (Å²) in [5.74, 6) is 0. The Bertz CT molecular complexity index is 407. The zero-order valence-corrected chi connectivity index (χ0v) is 18.9. The summed E-state index contributed by atoms with van der Waals surface area (Å²) < 4.78 is 25.9. The highest BCUT2D eigenvalue weighted by atomic mass is 28.5. The van der Waals surface area contributed by atoms with Gasteiger partial charge in [-0.1, -0.05) is 44.8 Å². The Hall–Kier alpha value is -0.0725. The average molecular weight is 375 g/mol. The molecule has 8 heteroatoms. The molecule has 2 atom stereocenters. The lowest BCUT2D eigenvalue weighted by Crippen LogP contribution is -2.65. The molecular weight excluding hydrogens is 344 g/mol. The standard InChI is InChI=1S/C14H30O4Si4/c1-10-19-15-21(11-2,13(4)5)17-20(8,9)18-22(12-3,16-19)14(6)7/h10-14,19H,1-3H2,4-9H3. The van der Waals surface area contributed by atoms with E-state index < -0.39 is 35.0 Å². The summed E-state index contributed by atoms with van der Waals surface area (Å²) in [6.07, 6.45) is 0. The van der Waals surface area contributed by atoms with Crippen molar-refractivity contribution >= 4 is 35.0 Å². The summed E-state index contributed by atoms with van der Waals surface area (Å²) in [6, 6.07) is 0. The van der Waals surface area contributed by atoms with E-state index in [1.54, 1.807) is 5.70 Å².